The van der Waals surface area contributed by atoms with Crippen LogP contribution in [0.1, 0.15) is 75.2 Å². The van der Waals surface area contributed by atoms with Crippen LogP contribution in [0.2, 0.25) is 0 Å². The molecule has 1 heterocycles. The van der Waals surface area contributed by atoms with E-state index in [0.717, 1.165) is 18.4 Å². The first-order valence-corrected chi connectivity index (χ1v) is 13.1. The first-order valence-electron chi connectivity index (χ1n) is 13.1. The standard InChI is InChI=1S/C30H43N3O.C2H6/c1-22(12-8-9-13-23(2)16-11-17-25(4)27(32)34)14-10-15-24(3)18-19-30-28(5,6)20-26(31)21-29(30,7)33-30;1-2/h8-19,26,33H,20-21,31H2,1-7H3,(H2,32,34);1-2H3/b9-8+,14-10+,16-11+,19-18+,22-12+,23-13+,24-15+,25-17+;. The number of nitrogens with one attached hydrogen (secondary N) is 1. The number of hydrogen-bond donors (Lipinski definition) is 3. The largest absolute Gasteiger partial charge is 0.366 e. The smallest absolute Gasteiger partial charge is 0.244 e. The maximum absolute atomic E-state index is 11.0. The number of amides is 1. The van der Waals surface area contributed by atoms with Crippen molar-refractivity contribution in [2.75, 3.05) is 0 Å². The van der Waals surface area contributed by atoms with Gasteiger partial charge in [0.15, 0.2) is 0 Å². The summed E-state index contributed by atoms with van der Waals surface area (Å²) in [6, 6.07) is 0.269. The highest BCUT2D eigenvalue weighted by atomic mass is 16.1. The number of nitrogens with two attached hydrogens (primary N) is 2. The summed E-state index contributed by atoms with van der Waals surface area (Å²) in [5, 5.41) is 3.77. The van der Waals surface area contributed by atoms with E-state index in [4.69, 9.17) is 11.5 Å². The van der Waals surface area contributed by atoms with Crippen molar-refractivity contribution < 1.29 is 4.79 Å². The van der Waals surface area contributed by atoms with Gasteiger partial charge in [0, 0.05) is 17.2 Å². The third kappa shape index (κ3) is 8.46. The van der Waals surface area contributed by atoms with E-state index in [2.05, 4.69) is 76.4 Å². The van der Waals surface area contributed by atoms with Gasteiger partial charge < -0.3 is 11.5 Å². The number of rotatable bonds is 9. The second-order valence-corrected chi connectivity index (χ2v) is 10.7. The minimum absolute atomic E-state index is 0.0348. The Balaban J connectivity index is 0.00000316. The van der Waals surface area contributed by atoms with Crippen LogP contribution in [0, 0.1) is 5.41 Å². The zero-order valence-electron chi connectivity index (χ0n) is 24.0. The minimum Gasteiger partial charge on any atom is -0.366 e. The van der Waals surface area contributed by atoms with Gasteiger partial charge in [-0.05, 0) is 52.9 Å². The van der Waals surface area contributed by atoms with Crippen LogP contribution in [0.15, 0.2) is 95.2 Å². The Kier molecular flexibility index (Phi) is 11.8. The maximum atomic E-state index is 11.0. The highest BCUT2D eigenvalue weighted by molar-refractivity contribution is 5.91. The van der Waals surface area contributed by atoms with E-state index in [1.165, 1.54) is 11.1 Å². The van der Waals surface area contributed by atoms with Gasteiger partial charge in [0.05, 0.1) is 5.54 Å². The zero-order chi connectivity index (χ0) is 27.6. The van der Waals surface area contributed by atoms with Gasteiger partial charge in [-0.15, -0.1) is 0 Å². The molecule has 198 valence electrons. The molecule has 1 saturated carbocycles. The molecule has 1 aliphatic heterocycles. The number of fused-ring (bicyclic) bond motifs is 1. The van der Waals surface area contributed by atoms with Crippen LogP contribution < -0.4 is 16.8 Å². The summed E-state index contributed by atoms with van der Waals surface area (Å²) >= 11 is 0. The van der Waals surface area contributed by atoms with E-state index < -0.39 is 5.91 Å². The molecule has 0 aromatic carbocycles. The summed E-state index contributed by atoms with van der Waals surface area (Å²) in [4.78, 5) is 11.0. The maximum Gasteiger partial charge on any atom is 0.244 e. The molecule has 2 rings (SSSR count). The molecule has 4 heteroatoms. The fourth-order valence-corrected chi connectivity index (χ4v) is 5.01. The molecule has 0 aromatic heterocycles. The highest BCUT2D eigenvalue weighted by Crippen LogP contribution is 2.59. The molecule has 0 bridgehead atoms. The molecule has 0 radical (unpaired) electrons. The summed E-state index contributed by atoms with van der Waals surface area (Å²) in [7, 11) is 0. The van der Waals surface area contributed by atoms with E-state index in [1.54, 1.807) is 13.0 Å². The van der Waals surface area contributed by atoms with Crippen molar-refractivity contribution in [3.63, 3.8) is 0 Å². The fraction of sp³-hybridized carbons (Fsp3) is 0.469. The second-order valence-electron chi connectivity index (χ2n) is 10.7. The fourth-order valence-electron chi connectivity index (χ4n) is 5.01. The van der Waals surface area contributed by atoms with E-state index >= 15 is 0 Å². The number of carbonyl (C=O) groups excluding carboxylic acids is 1. The van der Waals surface area contributed by atoms with Gasteiger partial charge in [-0.2, -0.15) is 0 Å². The van der Waals surface area contributed by atoms with Gasteiger partial charge in [0.25, 0.3) is 0 Å². The van der Waals surface area contributed by atoms with Crippen LogP contribution in [0.25, 0.3) is 0 Å². The Labute approximate surface area is 220 Å². The van der Waals surface area contributed by atoms with Gasteiger partial charge in [0.1, 0.15) is 0 Å². The number of hydrogen-bond acceptors (Lipinski definition) is 3. The lowest BCUT2D eigenvalue weighted by Gasteiger charge is -2.41. The van der Waals surface area contributed by atoms with Crippen molar-refractivity contribution in [3.05, 3.63) is 95.2 Å². The average Bonchev–Trinajstić information content (AvgIpc) is 3.42. The molecule has 1 aliphatic carbocycles. The Morgan fingerprint density at radius 2 is 1.25 bits per heavy atom. The van der Waals surface area contributed by atoms with Gasteiger partial charge in [-0.1, -0.05) is 117 Å². The van der Waals surface area contributed by atoms with Crippen molar-refractivity contribution in [1.82, 2.24) is 5.32 Å². The Morgan fingerprint density at radius 3 is 1.75 bits per heavy atom. The van der Waals surface area contributed by atoms with Gasteiger partial charge >= 0.3 is 0 Å². The second kappa shape index (κ2) is 13.6. The molecule has 2 aliphatic rings. The minimum atomic E-state index is -0.401. The van der Waals surface area contributed by atoms with Crippen molar-refractivity contribution in [2.24, 2.45) is 16.9 Å². The van der Waals surface area contributed by atoms with Crippen molar-refractivity contribution in [3.8, 4) is 0 Å². The zero-order valence-corrected chi connectivity index (χ0v) is 24.0. The van der Waals surface area contributed by atoms with Crippen molar-refractivity contribution in [2.45, 2.75) is 92.3 Å². The SMILES string of the molecule is CC.CC(/C=C/C=C(C)/C=C/C12NC1(C)CC(N)CC2(C)C)=C\C=C\C=C(C)\C=C\C=C(/C)C(N)=O. The first-order chi connectivity index (χ1) is 16.8. The van der Waals surface area contributed by atoms with Gasteiger partial charge in [-0.25, -0.2) is 0 Å². The van der Waals surface area contributed by atoms with E-state index in [-0.39, 0.29) is 22.5 Å². The average molecular weight is 492 g/mol. The Hall–Kier alpha value is -2.69. The van der Waals surface area contributed by atoms with E-state index in [1.807, 2.05) is 51.2 Å². The summed E-state index contributed by atoms with van der Waals surface area (Å²) < 4.78 is 0. The summed E-state index contributed by atoms with van der Waals surface area (Å²) in [6.45, 7) is 18.9. The molecular weight excluding hydrogens is 442 g/mol. The van der Waals surface area contributed by atoms with Crippen LogP contribution in [0.3, 0.4) is 0 Å². The Morgan fingerprint density at radius 1 is 0.778 bits per heavy atom. The molecule has 1 saturated heterocycles. The van der Waals surface area contributed by atoms with Crippen LogP contribution in [-0.2, 0) is 4.79 Å². The lowest BCUT2D eigenvalue weighted by molar-refractivity contribution is -0.114. The van der Waals surface area contributed by atoms with Crippen molar-refractivity contribution >= 4 is 5.91 Å². The van der Waals surface area contributed by atoms with E-state index in [9.17, 15) is 4.79 Å². The van der Waals surface area contributed by atoms with Gasteiger partial charge in [-0.3, -0.25) is 10.1 Å². The normalized spacial score (nSPS) is 29.1. The lowest BCUT2D eigenvalue weighted by Crippen LogP contribution is -2.48. The molecule has 1 amide bonds. The molecule has 2 fully saturated rings. The van der Waals surface area contributed by atoms with Crippen molar-refractivity contribution in [1.29, 1.82) is 0 Å². The number of allylic oxidation sites excluding steroid dienone is 14. The van der Waals surface area contributed by atoms with Crippen LogP contribution >= 0.6 is 0 Å². The predicted octanol–water partition coefficient (Wildman–Crippen LogP) is 6.76. The third-order valence-electron chi connectivity index (χ3n) is 7.03. The van der Waals surface area contributed by atoms with E-state index in [0.29, 0.717) is 5.57 Å². The quantitative estimate of drug-likeness (QED) is 0.189. The number of primary amides is 1. The summed E-state index contributed by atoms with van der Waals surface area (Å²) in [5.41, 5.74) is 15.8. The first kappa shape index (κ1) is 31.3. The predicted molar refractivity (Wildman–Crippen MR) is 157 cm³/mol. The monoisotopic (exact) mass is 491 g/mol. The molecular formula is C32H49N3O. The van der Waals surface area contributed by atoms with Gasteiger partial charge in [0.2, 0.25) is 5.91 Å². The molecule has 5 N–H and O–H groups in total. The lowest BCUT2D eigenvalue weighted by atomic mass is 9.62. The molecule has 3 atom stereocenters. The Bertz CT molecular complexity index is 1020. The summed E-state index contributed by atoms with van der Waals surface area (Å²) in [6.07, 6.45) is 26.6. The molecule has 36 heavy (non-hydrogen) atoms. The third-order valence-corrected chi connectivity index (χ3v) is 7.03. The van der Waals surface area contributed by atoms with Crippen LogP contribution in [0.5, 0.6) is 0 Å². The topological polar surface area (TPSA) is 91.1 Å². The molecule has 3 unspecified atom stereocenters. The number of carbonyl (C=O) groups is 1. The highest BCUT2D eigenvalue weighted by Gasteiger charge is 2.71. The van der Waals surface area contributed by atoms with Crippen LogP contribution in [0.4, 0.5) is 0 Å². The van der Waals surface area contributed by atoms with Crippen LogP contribution in [-0.4, -0.2) is 23.0 Å². The summed E-state index contributed by atoms with van der Waals surface area (Å²) in [5.74, 6) is -0.401. The molecule has 0 spiro atoms. The molecule has 4 nitrogen and oxygen atoms in total. The molecule has 0 aromatic rings.